The molecule has 1 fully saturated rings. The number of carbonyl (C=O) groups excluding carboxylic acids is 2. The smallest absolute Gasteiger partial charge is 0.435 e. The molecule has 0 aromatic carbocycles. The number of hydrogen-bond donors (Lipinski definition) is 1. The Kier molecular flexibility index (Phi) is 5.04. The maximum Gasteiger partial charge on any atom is 0.521 e. The highest BCUT2D eigenvalue weighted by Gasteiger charge is 2.54. The van der Waals surface area contributed by atoms with Crippen molar-refractivity contribution in [1.82, 2.24) is 0 Å². The second-order valence-corrected chi connectivity index (χ2v) is 7.55. The van der Waals surface area contributed by atoms with E-state index in [1.165, 1.54) is 11.3 Å². The van der Waals surface area contributed by atoms with Gasteiger partial charge in [-0.1, -0.05) is 11.6 Å². The molecule has 0 bridgehead atoms. The van der Waals surface area contributed by atoms with E-state index in [9.17, 15) is 19.5 Å². The number of quaternary nitrogens is 1. The van der Waals surface area contributed by atoms with Crippen LogP contribution in [0, 0.1) is 5.92 Å². The van der Waals surface area contributed by atoms with E-state index in [1.807, 2.05) is 0 Å². The van der Waals surface area contributed by atoms with Gasteiger partial charge in [0.1, 0.15) is 6.04 Å². The Hall–Kier alpha value is -1.24. The van der Waals surface area contributed by atoms with Crippen molar-refractivity contribution in [3.63, 3.8) is 0 Å². The molecule has 2 heterocycles. The average molecular weight is 345 g/mol. The van der Waals surface area contributed by atoms with Crippen LogP contribution in [0.15, 0.2) is 12.1 Å². The Balaban J connectivity index is 2.14. The summed E-state index contributed by atoms with van der Waals surface area (Å²) in [6, 6.07) is 3.02. The van der Waals surface area contributed by atoms with Gasteiger partial charge in [0.25, 0.3) is 0 Å². The third-order valence-electron chi connectivity index (χ3n) is 4.38. The molecule has 1 aliphatic rings. The van der Waals surface area contributed by atoms with Crippen molar-refractivity contribution < 1.29 is 24.0 Å². The molecule has 0 saturated carbocycles. The van der Waals surface area contributed by atoms with Gasteiger partial charge in [-0.3, -0.25) is 4.79 Å². The van der Waals surface area contributed by atoms with Crippen LogP contribution in [0.25, 0.3) is 0 Å². The minimum Gasteiger partial charge on any atom is -0.435 e. The number of halogens is 1. The molecular weight excluding hydrogens is 326 g/mol. The molecular formula is C15H19ClNO4S+. The van der Waals surface area contributed by atoms with Crippen LogP contribution in [0.5, 0.6) is 0 Å². The molecule has 1 aromatic rings. The van der Waals surface area contributed by atoms with Gasteiger partial charge in [0.05, 0.1) is 21.7 Å². The van der Waals surface area contributed by atoms with E-state index in [-0.39, 0.29) is 24.2 Å². The molecule has 1 aromatic heterocycles. The summed E-state index contributed by atoms with van der Waals surface area (Å²) in [6.07, 6.45) is 0.309. The van der Waals surface area contributed by atoms with Gasteiger partial charge in [0.15, 0.2) is 5.78 Å². The lowest BCUT2D eigenvalue weighted by molar-refractivity contribution is -0.794. The lowest BCUT2D eigenvalue weighted by Gasteiger charge is -2.31. The number of carboxylic acid groups (broad SMARTS) is 1. The Labute approximate surface area is 138 Å². The van der Waals surface area contributed by atoms with Gasteiger partial charge in [-0.15, -0.1) is 11.3 Å². The maximum absolute atomic E-state index is 12.7. The zero-order valence-electron chi connectivity index (χ0n) is 12.5. The summed E-state index contributed by atoms with van der Waals surface area (Å²) < 4.78 is -0.0378. The molecule has 0 spiro atoms. The zero-order chi connectivity index (χ0) is 16.5. The van der Waals surface area contributed by atoms with Gasteiger partial charge in [-0.2, -0.15) is 9.28 Å². The molecule has 1 saturated heterocycles. The summed E-state index contributed by atoms with van der Waals surface area (Å²) in [6.45, 7) is 3.72. The lowest BCUT2D eigenvalue weighted by Crippen LogP contribution is -2.60. The minimum absolute atomic E-state index is 0.00960. The first-order valence-corrected chi connectivity index (χ1v) is 8.42. The summed E-state index contributed by atoms with van der Waals surface area (Å²) in [5.74, 6) is -1.19. The second kappa shape index (κ2) is 6.48. The standard InChI is InChI=1S/C15H18ClNO4S/c1-9(8-11(18)12-5-6-13(16)22-12)14(19)17(15(20)21)7-3-4-10(17)2/h5-6,9-10H,3-4,7-8H2,1-2H3/p+1/t9?,10-,17?/m1/s1. The molecule has 1 aliphatic heterocycles. The lowest BCUT2D eigenvalue weighted by atomic mass is 10.0. The largest absolute Gasteiger partial charge is 0.521 e. The molecule has 3 atom stereocenters. The molecule has 2 amide bonds. The van der Waals surface area contributed by atoms with Crippen LogP contribution in [0.3, 0.4) is 0 Å². The molecule has 0 aliphatic carbocycles. The third-order valence-corrected chi connectivity index (χ3v) is 5.65. The fourth-order valence-corrected chi connectivity index (χ4v) is 4.10. The van der Waals surface area contributed by atoms with Crippen molar-refractivity contribution in [2.75, 3.05) is 6.54 Å². The van der Waals surface area contributed by atoms with Gasteiger partial charge >= 0.3 is 12.0 Å². The third kappa shape index (κ3) is 2.95. The predicted molar refractivity (Wildman–Crippen MR) is 84.3 cm³/mol. The van der Waals surface area contributed by atoms with Crippen molar-refractivity contribution in [1.29, 1.82) is 0 Å². The van der Waals surface area contributed by atoms with Gasteiger partial charge in [-0.05, 0) is 26.0 Å². The first kappa shape index (κ1) is 17.1. The summed E-state index contributed by atoms with van der Waals surface area (Å²) >= 11 is 6.98. The molecule has 5 nitrogen and oxygen atoms in total. The van der Waals surface area contributed by atoms with Crippen LogP contribution in [0.2, 0.25) is 4.34 Å². The van der Waals surface area contributed by atoms with Gasteiger partial charge in [-0.25, -0.2) is 4.79 Å². The van der Waals surface area contributed by atoms with Crippen LogP contribution >= 0.6 is 22.9 Å². The number of ketones is 1. The number of thiophene rings is 1. The minimum atomic E-state index is -1.12. The maximum atomic E-state index is 12.7. The molecule has 2 rings (SSSR count). The number of rotatable bonds is 4. The van der Waals surface area contributed by atoms with Gasteiger partial charge in [0, 0.05) is 19.3 Å². The normalized spacial score (nSPS) is 25.9. The van der Waals surface area contributed by atoms with Crippen molar-refractivity contribution in [3.8, 4) is 0 Å². The van der Waals surface area contributed by atoms with E-state index >= 15 is 0 Å². The van der Waals surface area contributed by atoms with Crippen molar-refractivity contribution >= 4 is 40.7 Å². The van der Waals surface area contributed by atoms with E-state index in [2.05, 4.69) is 0 Å². The average Bonchev–Trinajstić information content (AvgIpc) is 3.04. The number of amides is 2. The Morgan fingerprint density at radius 2 is 2.14 bits per heavy atom. The number of Topliss-reactive ketones (excluding diaryl/α,β-unsaturated/α-hetero) is 1. The van der Waals surface area contributed by atoms with Crippen LogP contribution in [0.4, 0.5) is 4.79 Å². The van der Waals surface area contributed by atoms with Crippen molar-refractivity contribution in [2.24, 2.45) is 5.92 Å². The summed E-state index contributed by atoms with van der Waals surface area (Å²) in [5, 5.41) is 9.56. The monoisotopic (exact) mass is 344 g/mol. The first-order chi connectivity index (χ1) is 10.3. The number of imide groups is 1. The first-order valence-electron chi connectivity index (χ1n) is 7.23. The number of hydrogen-bond acceptors (Lipinski definition) is 4. The Morgan fingerprint density at radius 3 is 2.59 bits per heavy atom. The predicted octanol–water partition coefficient (Wildman–Crippen LogP) is 3.81. The molecule has 120 valence electrons. The highest BCUT2D eigenvalue weighted by molar-refractivity contribution is 7.18. The number of carbonyl (C=O) groups is 3. The van der Waals surface area contributed by atoms with E-state index in [1.54, 1.807) is 26.0 Å². The topological polar surface area (TPSA) is 71.4 Å². The Morgan fingerprint density at radius 1 is 1.45 bits per heavy atom. The highest BCUT2D eigenvalue weighted by atomic mass is 35.5. The van der Waals surface area contributed by atoms with E-state index in [0.29, 0.717) is 28.6 Å². The SMILES string of the molecule is CC(CC(=O)c1ccc(Cl)s1)C(=O)[N+]1(C(=O)O)CCC[C@H]1C. The van der Waals surface area contributed by atoms with Gasteiger partial charge in [0.2, 0.25) is 0 Å². The molecule has 2 unspecified atom stereocenters. The van der Waals surface area contributed by atoms with E-state index in [0.717, 1.165) is 0 Å². The van der Waals surface area contributed by atoms with Crippen LogP contribution in [-0.4, -0.2) is 40.0 Å². The van der Waals surface area contributed by atoms with Gasteiger partial charge < -0.3 is 5.11 Å². The summed E-state index contributed by atoms with van der Waals surface area (Å²) in [4.78, 5) is 37.1. The quantitative estimate of drug-likeness (QED) is 0.666. The summed E-state index contributed by atoms with van der Waals surface area (Å²) in [7, 11) is 0. The van der Waals surface area contributed by atoms with Crippen LogP contribution < -0.4 is 0 Å². The molecule has 7 heteroatoms. The van der Waals surface area contributed by atoms with Crippen LogP contribution in [-0.2, 0) is 4.79 Å². The van der Waals surface area contributed by atoms with Crippen molar-refractivity contribution in [3.05, 3.63) is 21.3 Å². The fourth-order valence-electron chi connectivity index (χ4n) is 3.11. The molecule has 22 heavy (non-hydrogen) atoms. The molecule has 1 N–H and O–H groups in total. The zero-order valence-corrected chi connectivity index (χ0v) is 14.1. The van der Waals surface area contributed by atoms with E-state index < -0.39 is 16.5 Å². The Bertz CT molecular complexity index is 614. The second-order valence-electron chi connectivity index (χ2n) is 5.84. The summed E-state index contributed by atoms with van der Waals surface area (Å²) in [5.41, 5.74) is 0. The number of nitrogens with zero attached hydrogens (tertiary/aromatic N) is 1. The highest BCUT2D eigenvalue weighted by Crippen LogP contribution is 2.31. The number of likely N-dealkylation sites (tertiary alicyclic amines) is 1. The fraction of sp³-hybridized carbons (Fsp3) is 0.533. The molecule has 0 radical (unpaired) electrons. The van der Waals surface area contributed by atoms with E-state index in [4.69, 9.17) is 11.6 Å². The van der Waals surface area contributed by atoms with Crippen molar-refractivity contribution in [2.45, 2.75) is 39.2 Å². The van der Waals surface area contributed by atoms with Crippen LogP contribution in [0.1, 0.15) is 42.8 Å².